The van der Waals surface area contributed by atoms with Crippen LogP contribution < -0.4 is 5.32 Å². The number of halogens is 2. The van der Waals surface area contributed by atoms with Gasteiger partial charge in [-0.3, -0.25) is 14.8 Å². The minimum absolute atomic E-state index is 0.0837. The van der Waals surface area contributed by atoms with Gasteiger partial charge in [-0.2, -0.15) is 0 Å². The maximum atomic E-state index is 15.3. The fourth-order valence-corrected chi connectivity index (χ4v) is 3.60. The van der Waals surface area contributed by atoms with Gasteiger partial charge < -0.3 is 10.4 Å². The fourth-order valence-electron chi connectivity index (χ4n) is 3.60. The highest BCUT2D eigenvalue weighted by Crippen LogP contribution is 2.30. The Labute approximate surface area is 184 Å². The molecule has 2 N–H and O–H groups in total. The number of carbonyl (C=O) groups is 1. The number of aliphatic hydroxyl groups is 1. The number of amides is 1. The molecule has 0 bridgehead atoms. The highest BCUT2D eigenvalue weighted by molar-refractivity contribution is 6.21. The Morgan fingerprint density at radius 3 is 2.50 bits per heavy atom. The van der Waals surface area contributed by atoms with Crippen LogP contribution in [-0.2, 0) is 6.42 Å². The minimum atomic E-state index is -0.550. The van der Waals surface area contributed by atoms with Crippen molar-refractivity contribution >= 4 is 17.2 Å². The zero-order chi connectivity index (χ0) is 22.5. The average Bonchev–Trinajstić information content (AvgIpc) is 3.20. The molecule has 0 fully saturated rings. The quantitative estimate of drug-likeness (QED) is 0.596. The van der Waals surface area contributed by atoms with Gasteiger partial charge in [0.05, 0.1) is 19.2 Å². The lowest BCUT2D eigenvalue weighted by Gasteiger charge is -2.17. The van der Waals surface area contributed by atoms with Crippen LogP contribution in [0.25, 0.3) is 5.57 Å². The Balaban J connectivity index is 1.57. The lowest BCUT2D eigenvalue weighted by atomic mass is 9.98. The van der Waals surface area contributed by atoms with Gasteiger partial charge in [0.15, 0.2) is 5.83 Å². The van der Waals surface area contributed by atoms with Crippen LogP contribution in [0, 0.1) is 5.82 Å². The third kappa shape index (κ3) is 4.63. The molecule has 2 aromatic carbocycles. The van der Waals surface area contributed by atoms with E-state index in [9.17, 15) is 14.3 Å². The summed E-state index contributed by atoms with van der Waals surface area (Å²) in [7, 11) is 0. The smallest absolute Gasteiger partial charge is 0.252 e. The Kier molecular flexibility index (Phi) is 6.47. The molecule has 7 heteroatoms. The first kappa shape index (κ1) is 21.5. The molecule has 2 heterocycles. The van der Waals surface area contributed by atoms with Crippen molar-refractivity contribution in [1.29, 1.82) is 0 Å². The summed E-state index contributed by atoms with van der Waals surface area (Å²) >= 11 is 0. The summed E-state index contributed by atoms with van der Waals surface area (Å²) in [5.41, 5.74) is 2.31. The lowest BCUT2D eigenvalue weighted by Crippen LogP contribution is -2.39. The van der Waals surface area contributed by atoms with E-state index in [0.29, 0.717) is 23.1 Å². The number of rotatable bonds is 7. The number of nitrogens with one attached hydrogen (secondary N) is 1. The van der Waals surface area contributed by atoms with Crippen molar-refractivity contribution in [3.63, 3.8) is 0 Å². The summed E-state index contributed by atoms with van der Waals surface area (Å²) in [6, 6.07) is 17.0. The Hall–Kier alpha value is -3.71. The molecule has 1 aromatic heterocycles. The van der Waals surface area contributed by atoms with E-state index in [1.54, 1.807) is 36.5 Å². The third-order valence-corrected chi connectivity index (χ3v) is 5.22. The van der Waals surface area contributed by atoms with Crippen LogP contribution in [0.5, 0.6) is 0 Å². The van der Waals surface area contributed by atoms with Gasteiger partial charge in [-0.1, -0.05) is 36.4 Å². The Morgan fingerprint density at radius 1 is 1.03 bits per heavy atom. The molecule has 0 radical (unpaired) electrons. The maximum absolute atomic E-state index is 15.3. The van der Waals surface area contributed by atoms with Crippen LogP contribution in [0.1, 0.15) is 27.2 Å². The minimum Gasteiger partial charge on any atom is -0.394 e. The number of allylic oxidation sites excluding steroid dienone is 1. The average molecular weight is 433 g/mol. The Morgan fingerprint density at radius 2 is 1.78 bits per heavy atom. The fraction of sp³-hybridized carbons (Fsp3) is 0.160. The SMILES string of the molecule is O=C(N[C@@H](CO)Cc1ccccn1)c1ccccc1C1=NCC(c2ccc(F)cc2)=C1F. The molecule has 0 saturated carbocycles. The van der Waals surface area contributed by atoms with Gasteiger partial charge >= 0.3 is 0 Å². The summed E-state index contributed by atoms with van der Waals surface area (Å²) < 4.78 is 28.5. The van der Waals surface area contributed by atoms with Crippen molar-refractivity contribution in [2.45, 2.75) is 12.5 Å². The molecular weight excluding hydrogens is 412 g/mol. The molecule has 1 amide bonds. The van der Waals surface area contributed by atoms with Crippen LogP contribution in [0.2, 0.25) is 0 Å². The first-order valence-corrected chi connectivity index (χ1v) is 10.2. The van der Waals surface area contributed by atoms with Gasteiger partial charge in [-0.25, -0.2) is 8.78 Å². The molecule has 0 saturated heterocycles. The van der Waals surface area contributed by atoms with Gasteiger partial charge in [0, 0.05) is 35.0 Å². The third-order valence-electron chi connectivity index (χ3n) is 5.22. The molecule has 1 atom stereocenters. The number of benzene rings is 2. The van der Waals surface area contributed by atoms with Crippen molar-refractivity contribution in [1.82, 2.24) is 10.3 Å². The van der Waals surface area contributed by atoms with Gasteiger partial charge in [-0.15, -0.1) is 0 Å². The lowest BCUT2D eigenvalue weighted by molar-refractivity contribution is 0.0916. The Bertz CT molecular complexity index is 1180. The monoisotopic (exact) mass is 433 g/mol. The van der Waals surface area contributed by atoms with Crippen molar-refractivity contribution < 1.29 is 18.7 Å². The van der Waals surface area contributed by atoms with Crippen molar-refractivity contribution in [3.8, 4) is 0 Å². The number of pyridine rings is 1. The predicted molar refractivity (Wildman–Crippen MR) is 119 cm³/mol. The highest BCUT2D eigenvalue weighted by Gasteiger charge is 2.26. The molecular formula is C25H21F2N3O2. The largest absolute Gasteiger partial charge is 0.394 e. The molecule has 0 unspecified atom stereocenters. The number of carbonyl (C=O) groups excluding carboxylic acids is 1. The number of aliphatic hydroxyl groups excluding tert-OH is 1. The molecule has 1 aliphatic heterocycles. The second-order valence-corrected chi connectivity index (χ2v) is 7.39. The van der Waals surface area contributed by atoms with Crippen molar-refractivity contribution in [3.05, 3.63) is 107 Å². The number of nitrogens with zero attached hydrogens (tertiary/aromatic N) is 2. The second-order valence-electron chi connectivity index (χ2n) is 7.39. The molecule has 4 rings (SSSR count). The molecule has 1 aliphatic rings. The number of hydrogen-bond donors (Lipinski definition) is 2. The van der Waals surface area contributed by atoms with Gasteiger partial charge in [0.25, 0.3) is 5.91 Å². The predicted octanol–water partition coefficient (Wildman–Crippen LogP) is 3.74. The van der Waals surface area contributed by atoms with Crippen LogP contribution in [0.15, 0.2) is 83.7 Å². The normalized spacial score (nSPS) is 14.3. The summed E-state index contributed by atoms with van der Waals surface area (Å²) in [5.74, 6) is -1.38. The summed E-state index contributed by atoms with van der Waals surface area (Å²) in [5, 5.41) is 12.5. The topological polar surface area (TPSA) is 74.6 Å². The number of hydrogen-bond acceptors (Lipinski definition) is 4. The van der Waals surface area contributed by atoms with E-state index in [1.807, 2.05) is 12.1 Å². The zero-order valence-corrected chi connectivity index (χ0v) is 17.1. The summed E-state index contributed by atoms with van der Waals surface area (Å²) in [6.07, 6.45) is 2.00. The van der Waals surface area contributed by atoms with Crippen molar-refractivity contribution in [2.75, 3.05) is 13.2 Å². The van der Waals surface area contributed by atoms with E-state index in [-0.39, 0.29) is 24.4 Å². The number of aromatic nitrogens is 1. The summed E-state index contributed by atoms with van der Waals surface area (Å²) in [4.78, 5) is 21.5. The highest BCUT2D eigenvalue weighted by atomic mass is 19.1. The molecule has 0 aliphatic carbocycles. The van der Waals surface area contributed by atoms with E-state index < -0.39 is 23.6 Å². The van der Waals surface area contributed by atoms with E-state index in [2.05, 4.69) is 15.3 Å². The number of aliphatic imine (C=N–C) groups is 1. The van der Waals surface area contributed by atoms with Gasteiger partial charge in [0.1, 0.15) is 11.5 Å². The molecule has 5 nitrogen and oxygen atoms in total. The van der Waals surface area contributed by atoms with Gasteiger partial charge in [0.2, 0.25) is 0 Å². The van der Waals surface area contributed by atoms with E-state index in [4.69, 9.17) is 0 Å². The molecule has 0 spiro atoms. The zero-order valence-electron chi connectivity index (χ0n) is 17.1. The first-order valence-electron chi connectivity index (χ1n) is 10.2. The van der Waals surface area contributed by atoms with E-state index in [1.165, 1.54) is 24.3 Å². The molecule has 3 aromatic rings. The summed E-state index contributed by atoms with van der Waals surface area (Å²) in [6.45, 7) is -0.171. The van der Waals surface area contributed by atoms with Crippen LogP contribution >= 0.6 is 0 Å². The van der Waals surface area contributed by atoms with E-state index >= 15 is 4.39 Å². The van der Waals surface area contributed by atoms with Crippen LogP contribution in [-0.4, -0.2) is 40.9 Å². The molecule has 32 heavy (non-hydrogen) atoms. The van der Waals surface area contributed by atoms with Gasteiger partial charge in [-0.05, 0) is 35.9 Å². The molecule has 162 valence electrons. The van der Waals surface area contributed by atoms with Crippen molar-refractivity contribution in [2.24, 2.45) is 4.99 Å². The second kappa shape index (κ2) is 9.62. The van der Waals surface area contributed by atoms with Crippen LogP contribution in [0.4, 0.5) is 8.78 Å². The van der Waals surface area contributed by atoms with Crippen LogP contribution in [0.3, 0.4) is 0 Å². The van der Waals surface area contributed by atoms with E-state index in [0.717, 1.165) is 5.69 Å². The maximum Gasteiger partial charge on any atom is 0.252 e. The standard InChI is InChI=1S/C25H21F2N3O2/c26-17-10-8-16(9-11-17)22-14-29-24(23(22)27)20-6-1-2-7-21(20)25(32)30-19(15-31)13-18-5-3-4-12-28-18/h1-12,19,31H,13-15H2,(H,30,32)/t19-/m1/s1. The first-order chi connectivity index (χ1) is 15.6.